The van der Waals surface area contributed by atoms with Crippen LogP contribution in [0.2, 0.25) is 0 Å². The molecule has 0 spiro atoms. The van der Waals surface area contributed by atoms with Crippen LogP contribution in [0, 0.1) is 0 Å². The fourth-order valence-electron chi connectivity index (χ4n) is 0.944. The second-order valence-corrected chi connectivity index (χ2v) is 3.43. The molecule has 14 heavy (non-hydrogen) atoms. The molecular formula is C10H14BrO2P. The van der Waals surface area contributed by atoms with Gasteiger partial charge in [0.1, 0.15) is 0 Å². The quantitative estimate of drug-likeness (QED) is 0.626. The molecule has 2 nitrogen and oxygen atoms in total. The van der Waals surface area contributed by atoms with Crippen LogP contribution in [0.15, 0.2) is 24.3 Å². The minimum atomic E-state index is -0.244. The maximum atomic E-state index is 11.3. The number of halogens is 1. The summed E-state index contributed by atoms with van der Waals surface area (Å²) in [4.78, 5) is 11.3. The number of hydrogen-bond acceptors (Lipinski definition) is 2. The average Bonchev–Trinajstić information content (AvgIpc) is 2.14. The van der Waals surface area contributed by atoms with Crippen molar-refractivity contribution in [2.75, 3.05) is 6.61 Å². The molecule has 0 heterocycles. The van der Waals surface area contributed by atoms with Crippen molar-refractivity contribution in [3.8, 4) is 0 Å². The Morgan fingerprint density at radius 2 is 2.21 bits per heavy atom. The molecule has 1 rings (SSSR count). The molecule has 0 saturated heterocycles. The lowest BCUT2D eigenvalue weighted by molar-refractivity contribution is 0.0505. The summed E-state index contributed by atoms with van der Waals surface area (Å²) in [6, 6.07) is 7.31. The van der Waals surface area contributed by atoms with E-state index in [0.29, 0.717) is 12.2 Å². The lowest BCUT2D eigenvalue weighted by atomic mass is 10.2. The van der Waals surface area contributed by atoms with Gasteiger partial charge in [-0.3, -0.25) is 0 Å². The Bertz CT molecular complexity index is 302. The van der Waals surface area contributed by atoms with Crippen LogP contribution in [-0.2, 0) is 4.74 Å². The number of esters is 1. The summed E-state index contributed by atoms with van der Waals surface area (Å²) in [7, 11) is 2.55. The van der Waals surface area contributed by atoms with Gasteiger partial charge in [-0.1, -0.05) is 19.1 Å². The van der Waals surface area contributed by atoms with Crippen LogP contribution < -0.4 is 5.30 Å². The standard InChI is InChI=1S/C10H13O2P.BrH/c1-2-6-12-10(11)8-4-3-5-9(13)7-8;/h3-5,7H,2,6,13H2,1H3;1H. The van der Waals surface area contributed by atoms with Crippen molar-refractivity contribution in [2.45, 2.75) is 13.3 Å². The number of carbonyl (C=O) groups excluding carboxylic acids is 1. The normalized spacial score (nSPS) is 9.00. The van der Waals surface area contributed by atoms with Gasteiger partial charge in [0.25, 0.3) is 0 Å². The van der Waals surface area contributed by atoms with Crippen molar-refractivity contribution in [2.24, 2.45) is 0 Å². The molecule has 0 radical (unpaired) electrons. The largest absolute Gasteiger partial charge is 0.462 e. The number of rotatable bonds is 3. The van der Waals surface area contributed by atoms with Crippen LogP contribution in [0.3, 0.4) is 0 Å². The Labute approximate surface area is 97.0 Å². The first-order chi connectivity index (χ1) is 6.24. The third-order valence-electron chi connectivity index (χ3n) is 1.56. The van der Waals surface area contributed by atoms with Gasteiger partial charge < -0.3 is 4.74 Å². The zero-order chi connectivity index (χ0) is 9.68. The van der Waals surface area contributed by atoms with Gasteiger partial charge in [0.05, 0.1) is 12.2 Å². The van der Waals surface area contributed by atoms with E-state index in [1.54, 1.807) is 12.1 Å². The summed E-state index contributed by atoms with van der Waals surface area (Å²) in [5.41, 5.74) is 0.612. The topological polar surface area (TPSA) is 26.3 Å². The molecule has 0 fully saturated rings. The molecule has 1 aromatic carbocycles. The Morgan fingerprint density at radius 3 is 2.79 bits per heavy atom. The zero-order valence-corrected chi connectivity index (χ0v) is 10.9. The molecule has 0 aliphatic carbocycles. The fraction of sp³-hybridized carbons (Fsp3) is 0.300. The maximum Gasteiger partial charge on any atom is 0.338 e. The molecule has 0 saturated carbocycles. The van der Waals surface area contributed by atoms with Crippen molar-refractivity contribution in [3.63, 3.8) is 0 Å². The highest BCUT2D eigenvalue weighted by atomic mass is 79.9. The van der Waals surface area contributed by atoms with Gasteiger partial charge in [0, 0.05) is 0 Å². The van der Waals surface area contributed by atoms with E-state index in [1.165, 1.54) is 0 Å². The van der Waals surface area contributed by atoms with Gasteiger partial charge in [0.2, 0.25) is 0 Å². The monoisotopic (exact) mass is 276 g/mol. The highest BCUT2D eigenvalue weighted by Gasteiger charge is 2.05. The van der Waals surface area contributed by atoms with Crippen LogP contribution in [-0.4, -0.2) is 12.6 Å². The van der Waals surface area contributed by atoms with Crippen molar-refractivity contribution in [1.29, 1.82) is 0 Å². The second kappa shape index (κ2) is 6.97. The van der Waals surface area contributed by atoms with Crippen LogP contribution in [0.4, 0.5) is 0 Å². The van der Waals surface area contributed by atoms with Crippen molar-refractivity contribution in [1.82, 2.24) is 0 Å². The lowest BCUT2D eigenvalue weighted by Gasteiger charge is -2.02. The summed E-state index contributed by atoms with van der Waals surface area (Å²) in [5, 5.41) is 0.992. The van der Waals surface area contributed by atoms with Gasteiger partial charge in [-0.05, 0) is 23.9 Å². The van der Waals surface area contributed by atoms with Crippen LogP contribution in [0.1, 0.15) is 23.7 Å². The summed E-state index contributed by atoms with van der Waals surface area (Å²) in [6.45, 7) is 2.46. The van der Waals surface area contributed by atoms with Crippen LogP contribution >= 0.6 is 26.2 Å². The van der Waals surface area contributed by atoms with Gasteiger partial charge >= 0.3 is 5.97 Å². The molecular weight excluding hydrogens is 263 g/mol. The fourth-order valence-corrected chi connectivity index (χ4v) is 1.23. The van der Waals surface area contributed by atoms with Gasteiger partial charge in [-0.25, -0.2) is 4.79 Å². The summed E-state index contributed by atoms with van der Waals surface area (Å²) < 4.78 is 4.98. The molecule has 0 amide bonds. The molecule has 0 bridgehead atoms. The first-order valence-electron chi connectivity index (χ1n) is 4.26. The zero-order valence-electron chi connectivity index (χ0n) is 8.03. The first-order valence-corrected chi connectivity index (χ1v) is 4.84. The van der Waals surface area contributed by atoms with E-state index in [1.807, 2.05) is 19.1 Å². The lowest BCUT2D eigenvalue weighted by Crippen LogP contribution is -2.07. The molecule has 1 atom stereocenters. The predicted octanol–water partition coefficient (Wildman–Crippen LogP) is 2.33. The molecule has 0 aliphatic heterocycles. The first kappa shape index (κ1) is 13.6. The second-order valence-electron chi connectivity index (χ2n) is 2.76. The smallest absolute Gasteiger partial charge is 0.338 e. The van der Waals surface area contributed by atoms with Gasteiger partial charge in [-0.15, -0.1) is 26.2 Å². The molecule has 1 aromatic rings. The van der Waals surface area contributed by atoms with E-state index >= 15 is 0 Å². The van der Waals surface area contributed by atoms with E-state index in [4.69, 9.17) is 4.74 Å². The summed E-state index contributed by atoms with van der Waals surface area (Å²) in [5.74, 6) is -0.244. The molecule has 0 aliphatic rings. The Kier molecular flexibility index (Phi) is 6.77. The minimum absolute atomic E-state index is 0. The molecule has 78 valence electrons. The van der Waals surface area contributed by atoms with Crippen molar-refractivity contribution < 1.29 is 9.53 Å². The summed E-state index contributed by atoms with van der Waals surface area (Å²) >= 11 is 0. The average molecular weight is 277 g/mol. The van der Waals surface area contributed by atoms with Crippen molar-refractivity contribution in [3.05, 3.63) is 29.8 Å². The Morgan fingerprint density at radius 1 is 1.50 bits per heavy atom. The molecule has 4 heteroatoms. The number of hydrogen-bond donors (Lipinski definition) is 0. The third-order valence-corrected chi connectivity index (χ3v) is 1.92. The van der Waals surface area contributed by atoms with E-state index in [-0.39, 0.29) is 23.0 Å². The van der Waals surface area contributed by atoms with E-state index in [9.17, 15) is 4.79 Å². The van der Waals surface area contributed by atoms with E-state index < -0.39 is 0 Å². The number of benzene rings is 1. The van der Waals surface area contributed by atoms with Crippen LogP contribution in [0.25, 0.3) is 0 Å². The highest BCUT2D eigenvalue weighted by Crippen LogP contribution is 2.02. The summed E-state index contributed by atoms with van der Waals surface area (Å²) in [6.07, 6.45) is 0.853. The highest BCUT2D eigenvalue weighted by molar-refractivity contribution is 8.93. The predicted molar refractivity (Wildman–Crippen MR) is 66.7 cm³/mol. The molecule has 1 unspecified atom stereocenters. The molecule has 0 N–H and O–H groups in total. The Balaban J connectivity index is 0.00000169. The van der Waals surface area contributed by atoms with E-state index in [0.717, 1.165) is 11.7 Å². The van der Waals surface area contributed by atoms with Crippen molar-refractivity contribution >= 4 is 37.5 Å². The minimum Gasteiger partial charge on any atom is -0.462 e. The SMILES string of the molecule is Br.CCCOC(=O)c1cccc(P)c1. The van der Waals surface area contributed by atoms with E-state index in [2.05, 4.69) is 9.24 Å². The van der Waals surface area contributed by atoms with Gasteiger partial charge in [0.15, 0.2) is 0 Å². The van der Waals surface area contributed by atoms with Gasteiger partial charge in [-0.2, -0.15) is 0 Å². The Hall–Kier alpha value is -0.400. The third kappa shape index (κ3) is 4.21. The number of carbonyl (C=O) groups is 1. The molecule has 0 aromatic heterocycles. The number of ether oxygens (including phenoxy) is 1. The maximum absolute atomic E-state index is 11.3. The van der Waals surface area contributed by atoms with Crippen LogP contribution in [0.5, 0.6) is 0 Å².